The van der Waals surface area contributed by atoms with Crippen LogP contribution in [0.25, 0.3) is 0 Å². The highest BCUT2D eigenvalue weighted by atomic mass is 16.5. The molecule has 1 aliphatic rings. The Morgan fingerprint density at radius 1 is 1.06 bits per heavy atom. The van der Waals surface area contributed by atoms with Crippen molar-refractivity contribution in [3.05, 3.63) is 84.3 Å². The molecule has 7 heteroatoms. The van der Waals surface area contributed by atoms with Gasteiger partial charge >= 0.3 is 0 Å². The van der Waals surface area contributed by atoms with E-state index in [0.29, 0.717) is 50.1 Å². The molecule has 3 aromatic rings. The lowest BCUT2D eigenvalue weighted by Gasteiger charge is -2.30. The summed E-state index contributed by atoms with van der Waals surface area (Å²) in [5, 5.41) is 0. The van der Waals surface area contributed by atoms with E-state index in [1.807, 2.05) is 73.7 Å². The van der Waals surface area contributed by atoms with E-state index < -0.39 is 6.04 Å². The third-order valence-electron chi connectivity index (χ3n) is 5.71. The van der Waals surface area contributed by atoms with Crippen molar-refractivity contribution in [1.29, 1.82) is 0 Å². The summed E-state index contributed by atoms with van der Waals surface area (Å²) in [5.74, 6) is 1.95. The van der Waals surface area contributed by atoms with Crippen LogP contribution >= 0.6 is 0 Å². The number of benzene rings is 2. The summed E-state index contributed by atoms with van der Waals surface area (Å²) in [6.07, 6.45) is 2.98. The Bertz CT molecular complexity index is 1080. The highest BCUT2D eigenvalue weighted by molar-refractivity contribution is 6.22. The maximum Gasteiger partial charge on any atom is 0.259 e. The maximum absolute atomic E-state index is 13.8. The monoisotopic (exact) mass is 461 g/mol. The van der Waals surface area contributed by atoms with Crippen molar-refractivity contribution in [3.8, 4) is 5.75 Å². The minimum Gasteiger partial charge on any atom is -0.495 e. The van der Waals surface area contributed by atoms with Gasteiger partial charge < -0.3 is 18.8 Å². The third-order valence-corrected chi connectivity index (χ3v) is 5.71. The van der Waals surface area contributed by atoms with E-state index in [-0.39, 0.29) is 5.91 Å². The van der Waals surface area contributed by atoms with Gasteiger partial charge in [0.05, 0.1) is 25.6 Å². The fourth-order valence-corrected chi connectivity index (χ4v) is 4.08. The summed E-state index contributed by atoms with van der Waals surface area (Å²) < 4.78 is 16.8. The van der Waals surface area contributed by atoms with Crippen molar-refractivity contribution < 1.29 is 18.7 Å². The molecule has 7 nitrogen and oxygen atoms in total. The Balaban J connectivity index is 1.69. The molecule has 1 aliphatic heterocycles. The van der Waals surface area contributed by atoms with Crippen molar-refractivity contribution >= 4 is 17.6 Å². The van der Waals surface area contributed by atoms with Gasteiger partial charge in [-0.15, -0.1) is 0 Å². The molecular weight excluding hydrogens is 430 g/mol. The number of hydrogen-bond acceptors (Lipinski definition) is 6. The molecule has 1 aromatic heterocycles. The van der Waals surface area contributed by atoms with E-state index in [9.17, 15) is 4.79 Å². The van der Waals surface area contributed by atoms with Gasteiger partial charge in [-0.25, -0.2) is 9.89 Å². The topological polar surface area (TPSA) is 67.5 Å². The predicted molar refractivity (Wildman–Crippen MR) is 132 cm³/mol. The highest BCUT2D eigenvalue weighted by Gasteiger charge is 2.39. The van der Waals surface area contributed by atoms with Crippen molar-refractivity contribution in [2.45, 2.75) is 32.4 Å². The molecule has 0 aliphatic carbocycles. The Hall–Kier alpha value is -3.58. The van der Waals surface area contributed by atoms with Gasteiger partial charge in [-0.1, -0.05) is 42.5 Å². The van der Waals surface area contributed by atoms with Gasteiger partial charge in [0, 0.05) is 26.2 Å². The number of ether oxygens (including phenoxy) is 2. The molecule has 0 radical (unpaired) electrons. The standard InChI is InChI=1S/C27H31N3O4/c1-3-33-17-10-16-29(20-22-13-9-18-34-22)27-28-23(19-21-11-5-4-6-12-21)26(31)30(27)24-14-7-8-15-25(24)32-2/h4-9,11-15,18,23H,3,10,16-17,19-20H2,1-2H3. The molecule has 0 N–H and O–H groups in total. The van der Waals surface area contributed by atoms with Crippen LogP contribution in [-0.4, -0.2) is 49.7 Å². The molecule has 34 heavy (non-hydrogen) atoms. The van der Waals surface area contributed by atoms with Gasteiger partial charge in [-0.2, -0.15) is 0 Å². The number of hydrogen-bond donors (Lipinski definition) is 0. The molecular formula is C27H31N3O4. The molecule has 0 saturated heterocycles. The van der Waals surface area contributed by atoms with Gasteiger partial charge in [0.2, 0.25) is 5.96 Å². The Morgan fingerprint density at radius 2 is 1.85 bits per heavy atom. The zero-order valence-electron chi connectivity index (χ0n) is 19.7. The molecule has 1 atom stereocenters. The van der Waals surface area contributed by atoms with Crippen molar-refractivity contribution in [2.75, 3.05) is 31.8 Å². The molecule has 0 saturated carbocycles. The molecule has 2 aromatic carbocycles. The number of carbonyl (C=O) groups is 1. The lowest BCUT2D eigenvalue weighted by molar-refractivity contribution is -0.118. The van der Waals surface area contributed by atoms with Gasteiger partial charge in [0.1, 0.15) is 17.6 Å². The first-order valence-electron chi connectivity index (χ1n) is 11.6. The number of carbonyl (C=O) groups excluding carboxylic acids is 1. The first-order valence-corrected chi connectivity index (χ1v) is 11.6. The van der Waals surface area contributed by atoms with Crippen LogP contribution in [0.3, 0.4) is 0 Å². The third kappa shape index (κ3) is 5.48. The second-order valence-corrected chi connectivity index (χ2v) is 8.03. The van der Waals surface area contributed by atoms with E-state index in [1.165, 1.54) is 0 Å². The van der Waals surface area contributed by atoms with Gasteiger partial charge in [-0.05, 0) is 43.2 Å². The van der Waals surface area contributed by atoms with Crippen LogP contribution in [0.15, 0.2) is 82.4 Å². The summed E-state index contributed by atoms with van der Waals surface area (Å²) in [4.78, 5) is 22.5. The predicted octanol–water partition coefficient (Wildman–Crippen LogP) is 4.53. The van der Waals surface area contributed by atoms with Crippen LogP contribution in [0.5, 0.6) is 5.75 Å². The summed E-state index contributed by atoms with van der Waals surface area (Å²) >= 11 is 0. The van der Waals surface area contributed by atoms with E-state index in [0.717, 1.165) is 17.7 Å². The van der Waals surface area contributed by atoms with Crippen LogP contribution in [0, 0.1) is 0 Å². The SMILES string of the molecule is CCOCCCN(Cc1ccco1)C1=NC(Cc2ccccc2)C(=O)N1c1ccccc1OC. The summed E-state index contributed by atoms with van der Waals surface area (Å²) in [6.45, 7) is 4.45. The second-order valence-electron chi connectivity index (χ2n) is 8.03. The zero-order valence-corrected chi connectivity index (χ0v) is 19.7. The number of methoxy groups -OCH3 is 1. The lowest BCUT2D eigenvalue weighted by Crippen LogP contribution is -2.45. The number of para-hydroxylation sites is 2. The number of guanidine groups is 1. The van der Waals surface area contributed by atoms with Crippen molar-refractivity contribution in [1.82, 2.24) is 4.90 Å². The van der Waals surface area contributed by atoms with E-state index in [4.69, 9.17) is 18.9 Å². The zero-order chi connectivity index (χ0) is 23.8. The van der Waals surface area contributed by atoms with Gasteiger partial charge in [0.25, 0.3) is 5.91 Å². The molecule has 178 valence electrons. The number of anilines is 1. The first-order chi connectivity index (χ1) is 16.7. The molecule has 0 bridgehead atoms. The Morgan fingerprint density at radius 3 is 2.59 bits per heavy atom. The number of nitrogens with zero attached hydrogens (tertiary/aromatic N) is 3. The quantitative estimate of drug-likeness (QED) is 0.393. The second kappa shape index (κ2) is 11.5. The fourth-order valence-electron chi connectivity index (χ4n) is 4.08. The van der Waals surface area contributed by atoms with E-state index in [2.05, 4.69) is 4.90 Å². The van der Waals surface area contributed by atoms with Crippen LogP contribution in [-0.2, 0) is 22.5 Å². The average molecular weight is 462 g/mol. The van der Waals surface area contributed by atoms with Gasteiger partial charge in [0.15, 0.2) is 0 Å². The fraction of sp³-hybridized carbons (Fsp3) is 0.333. The molecule has 1 unspecified atom stereocenters. The Labute approximate surface area is 200 Å². The van der Waals surface area contributed by atoms with Crippen LogP contribution in [0.2, 0.25) is 0 Å². The molecule has 0 spiro atoms. The molecule has 4 rings (SSSR count). The molecule has 0 fully saturated rings. The van der Waals surface area contributed by atoms with Crippen LogP contribution < -0.4 is 9.64 Å². The van der Waals surface area contributed by atoms with Gasteiger partial charge in [-0.3, -0.25) is 4.79 Å². The van der Waals surface area contributed by atoms with Crippen LogP contribution in [0.4, 0.5) is 5.69 Å². The van der Waals surface area contributed by atoms with Crippen molar-refractivity contribution in [3.63, 3.8) is 0 Å². The van der Waals surface area contributed by atoms with E-state index in [1.54, 1.807) is 18.3 Å². The minimum atomic E-state index is -0.520. The number of rotatable bonds is 11. The highest BCUT2D eigenvalue weighted by Crippen LogP contribution is 2.33. The largest absolute Gasteiger partial charge is 0.495 e. The summed E-state index contributed by atoms with van der Waals surface area (Å²) in [5.41, 5.74) is 1.75. The minimum absolute atomic E-state index is 0.0717. The molecule has 1 amide bonds. The van der Waals surface area contributed by atoms with Crippen LogP contribution in [0.1, 0.15) is 24.7 Å². The maximum atomic E-state index is 13.8. The molecule has 2 heterocycles. The normalized spacial score (nSPS) is 15.5. The smallest absolute Gasteiger partial charge is 0.259 e. The summed E-state index contributed by atoms with van der Waals surface area (Å²) in [7, 11) is 1.61. The lowest BCUT2D eigenvalue weighted by atomic mass is 10.1. The Kier molecular flexibility index (Phi) is 7.99. The number of amides is 1. The van der Waals surface area contributed by atoms with E-state index >= 15 is 0 Å². The first kappa shape index (κ1) is 23.6. The summed E-state index contributed by atoms with van der Waals surface area (Å²) in [6, 6.07) is 20.8. The average Bonchev–Trinajstić information content (AvgIpc) is 3.49. The number of aliphatic imine (C=N–C) groups is 1. The van der Waals surface area contributed by atoms with Crippen molar-refractivity contribution in [2.24, 2.45) is 4.99 Å². The number of furan rings is 1.